The zero-order valence-corrected chi connectivity index (χ0v) is 9.17. The van der Waals surface area contributed by atoms with Crippen LogP contribution in [0.4, 0.5) is 5.69 Å². The van der Waals surface area contributed by atoms with Crippen molar-refractivity contribution in [2.75, 3.05) is 0 Å². The molecule has 0 aliphatic heterocycles. The van der Waals surface area contributed by atoms with E-state index in [0.29, 0.717) is 0 Å². The smallest absolute Gasteiger partial charge is 0.0958 e. The minimum atomic E-state index is 0.887. The van der Waals surface area contributed by atoms with Gasteiger partial charge in [-0.2, -0.15) is 0 Å². The second-order valence-electron chi connectivity index (χ2n) is 3.74. The molecule has 0 radical (unpaired) electrons. The van der Waals surface area contributed by atoms with Crippen molar-refractivity contribution in [2.45, 2.75) is 0 Å². The van der Waals surface area contributed by atoms with Crippen molar-refractivity contribution in [2.24, 2.45) is 4.99 Å². The molecule has 0 unspecified atom stereocenters. The number of nitrogens with one attached hydrogen (secondary N) is 1. The first-order valence-corrected chi connectivity index (χ1v) is 5.45. The molecule has 2 aromatic heterocycles. The molecule has 0 aliphatic rings. The van der Waals surface area contributed by atoms with Gasteiger partial charge in [-0.05, 0) is 24.3 Å². The number of rotatable bonds is 2. The molecule has 3 heteroatoms. The van der Waals surface area contributed by atoms with Gasteiger partial charge >= 0.3 is 0 Å². The van der Waals surface area contributed by atoms with Crippen molar-refractivity contribution in [1.29, 1.82) is 0 Å². The minimum Gasteiger partial charge on any atom is -0.360 e. The first-order chi connectivity index (χ1) is 8.43. The van der Waals surface area contributed by atoms with Crippen LogP contribution in [0.5, 0.6) is 0 Å². The zero-order chi connectivity index (χ0) is 11.5. The maximum Gasteiger partial charge on any atom is 0.0958 e. The summed E-state index contributed by atoms with van der Waals surface area (Å²) in [6.07, 6.45) is 5.47. The van der Waals surface area contributed by atoms with Crippen LogP contribution in [0.2, 0.25) is 0 Å². The van der Waals surface area contributed by atoms with Crippen LogP contribution in [0, 0.1) is 0 Å². The number of nitrogens with zero attached hydrogens (tertiary/aromatic N) is 2. The standard InChI is InChI=1S/C14H11N3/c1-4-11-5-2-9-16-14(11)13(7-1)17-10-12-6-3-8-15-12/h1-10,15H. The zero-order valence-electron chi connectivity index (χ0n) is 9.17. The third-order valence-electron chi connectivity index (χ3n) is 2.58. The van der Waals surface area contributed by atoms with E-state index in [1.54, 1.807) is 6.20 Å². The molecule has 17 heavy (non-hydrogen) atoms. The average molecular weight is 221 g/mol. The molecular weight excluding hydrogens is 210 g/mol. The van der Waals surface area contributed by atoms with Crippen LogP contribution >= 0.6 is 0 Å². The van der Waals surface area contributed by atoms with Gasteiger partial charge in [0.25, 0.3) is 0 Å². The fraction of sp³-hybridized carbons (Fsp3) is 0. The Labute approximate surface area is 98.9 Å². The number of H-pyrrole nitrogens is 1. The minimum absolute atomic E-state index is 0.887. The number of hydrogen-bond donors (Lipinski definition) is 1. The second kappa shape index (κ2) is 4.22. The average Bonchev–Trinajstić information content (AvgIpc) is 2.89. The molecule has 0 fully saturated rings. The van der Waals surface area contributed by atoms with Crippen LogP contribution in [-0.2, 0) is 0 Å². The van der Waals surface area contributed by atoms with Gasteiger partial charge in [-0.15, -0.1) is 0 Å². The molecule has 2 heterocycles. The van der Waals surface area contributed by atoms with Crippen LogP contribution in [0.3, 0.4) is 0 Å². The van der Waals surface area contributed by atoms with E-state index in [2.05, 4.69) is 15.0 Å². The number of para-hydroxylation sites is 1. The van der Waals surface area contributed by atoms with Crippen molar-refractivity contribution < 1.29 is 0 Å². The fourth-order valence-corrected chi connectivity index (χ4v) is 1.76. The summed E-state index contributed by atoms with van der Waals surface area (Å²) in [5.41, 5.74) is 2.80. The molecule has 0 bridgehead atoms. The lowest BCUT2D eigenvalue weighted by molar-refractivity contribution is 1.37. The van der Waals surface area contributed by atoms with Gasteiger partial charge in [0.15, 0.2) is 0 Å². The van der Waals surface area contributed by atoms with E-state index in [4.69, 9.17) is 0 Å². The van der Waals surface area contributed by atoms with E-state index in [9.17, 15) is 0 Å². The Morgan fingerprint density at radius 2 is 2.00 bits per heavy atom. The topological polar surface area (TPSA) is 41.0 Å². The predicted molar refractivity (Wildman–Crippen MR) is 69.8 cm³/mol. The molecule has 0 atom stereocenters. The highest BCUT2D eigenvalue weighted by Crippen LogP contribution is 2.23. The summed E-state index contributed by atoms with van der Waals surface area (Å²) in [5.74, 6) is 0. The Bertz CT molecular complexity index is 649. The Balaban J connectivity index is 2.06. The van der Waals surface area contributed by atoms with E-state index in [-0.39, 0.29) is 0 Å². The third kappa shape index (κ3) is 1.95. The number of aliphatic imine (C=N–C) groups is 1. The monoisotopic (exact) mass is 221 g/mol. The van der Waals surface area contributed by atoms with E-state index in [1.807, 2.05) is 54.9 Å². The molecule has 0 aliphatic carbocycles. The quantitative estimate of drug-likeness (QED) is 0.662. The lowest BCUT2D eigenvalue weighted by atomic mass is 10.2. The van der Waals surface area contributed by atoms with Crippen molar-refractivity contribution in [1.82, 2.24) is 9.97 Å². The number of hydrogen-bond acceptors (Lipinski definition) is 2. The van der Waals surface area contributed by atoms with E-state index in [0.717, 1.165) is 22.3 Å². The highest BCUT2D eigenvalue weighted by molar-refractivity contribution is 5.91. The fourth-order valence-electron chi connectivity index (χ4n) is 1.76. The van der Waals surface area contributed by atoms with Gasteiger partial charge < -0.3 is 4.98 Å². The first-order valence-electron chi connectivity index (χ1n) is 5.45. The predicted octanol–water partition coefficient (Wildman–Crippen LogP) is 3.31. The second-order valence-corrected chi connectivity index (χ2v) is 3.74. The molecule has 1 N–H and O–H groups in total. The molecule has 0 amide bonds. The number of fused-ring (bicyclic) bond motifs is 1. The Morgan fingerprint density at radius 3 is 2.88 bits per heavy atom. The maximum absolute atomic E-state index is 4.46. The van der Waals surface area contributed by atoms with Crippen LogP contribution in [0.1, 0.15) is 5.69 Å². The van der Waals surface area contributed by atoms with Gasteiger partial charge in [0.2, 0.25) is 0 Å². The maximum atomic E-state index is 4.46. The molecule has 82 valence electrons. The Morgan fingerprint density at radius 1 is 1.06 bits per heavy atom. The normalized spacial score (nSPS) is 11.3. The van der Waals surface area contributed by atoms with Gasteiger partial charge in [0, 0.05) is 17.8 Å². The van der Waals surface area contributed by atoms with Crippen LogP contribution < -0.4 is 0 Å². The molecule has 3 rings (SSSR count). The molecule has 0 saturated heterocycles. The largest absolute Gasteiger partial charge is 0.360 e. The lowest BCUT2D eigenvalue weighted by Crippen LogP contribution is -1.81. The van der Waals surface area contributed by atoms with Crippen molar-refractivity contribution in [3.63, 3.8) is 0 Å². The van der Waals surface area contributed by atoms with Crippen LogP contribution in [0.25, 0.3) is 10.9 Å². The summed E-state index contributed by atoms with van der Waals surface area (Å²) >= 11 is 0. The molecule has 3 aromatic rings. The Kier molecular flexibility index (Phi) is 2.43. The number of aromatic nitrogens is 2. The molecular formula is C14H11N3. The first kappa shape index (κ1) is 9.78. The molecule has 3 nitrogen and oxygen atoms in total. The SMILES string of the molecule is C(=Nc1cccc2cccnc12)c1ccc[nH]1. The van der Waals surface area contributed by atoms with Crippen LogP contribution in [-0.4, -0.2) is 16.2 Å². The molecule has 0 saturated carbocycles. The third-order valence-corrected chi connectivity index (χ3v) is 2.58. The summed E-state index contributed by atoms with van der Waals surface area (Å²) in [6, 6.07) is 13.9. The summed E-state index contributed by atoms with van der Waals surface area (Å²) < 4.78 is 0. The number of pyridine rings is 1. The lowest BCUT2D eigenvalue weighted by Gasteiger charge is -1.99. The van der Waals surface area contributed by atoms with Gasteiger partial charge in [-0.3, -0.25) is 9.98 Å². The van der Waals surface area contributed by atoms with Gasteiger partial charge in [0.05, 0.1) is 23.1 Å². The van der Waals surface area contributed by atoms with Crippen molar-refractivity contribution in [3.8, 4) is 0 Å². The Hall–Kier alpha value is -2.42. The van der Waals surface area contributed by atoms with E-state index >= 15 is 0 Å². The van der Waals surface area contributed by atoms with E-state index in [1.165, 1.54) is 0 Å². The molecule has 0 spiro atoms. The summed E-state index contributed by atoms with van der Waals surface area (Å²) in [7, 11) is 0. The highest BCUT2D eigenvalue weighted by atomic mass is 14.8. The van der Waals surface area contributed by atoms with E-state index < -0.39 is 0 Å². The number of aromatic amines is 1. The molecule has 1 aromatic carbocycles. The van der Waals surface area contributed by atoms with Gasteiger partial charge in [-0.25, -0.2) is 0 Å². The highest BCUT2D eigenvalue weighted by Gasteiger charge is 1.98. The van der Waals surface area contributed by atoms with Crippen molar-refractivity contribution >= 4 is 22.8 Å². The van der Waals surface area contributed by atoms with Crippen molar-refractivity contribution in [3.05, 3.63) is 60.6 Å². The summed E-state index contributed by atoms with van der Waals surface area (Å²) in [5, 5.41) is 1.11. The van der Waals surface area contributed by atoms with Gasteiger partial charge in [-0.1, -0.05) is 18.2 Å². The van der Waals surface area contributed by atoms with Crippen LogP contribution in [0.15, 0.2) is 59.9 Å². The summed E-state index contributed by atoms with van der Waals surface area (Å²) in [6.45, 7) is 0. The van der Waals surface area contributed by atoms with Gasteiger partial charge in [0.1, 0.15) is 0 Å². The number of benzene rings is 1. The summed E-state index contributed by atoms with van der Waals surface area (Å²) in [4.78, 5) is 11.9.